The van der Waals surface area contributed by atoms with Crippen molar-refractivity contribution in [3.63, 3.8) is 0 Å². The van der Waals surface area contributed by atoms with Gasteiger partial charge in [-0.25, -0.2) is 0 Å². The van der Waals surface area contributed by atoms with Crippen LogP contribution in [0.25, 0.3) is 10.4 Å². The second kappa shape index (κ2) is 4.20. The second-order valence-corrected chi connectivity index (χ2v) is 4.90. The van der Waals surface area contributed by atoms with Gasteiger partial charge in [0.1, 0.15) is 0 Å². The molecule has 0 amide bonds. The molecule has 80 valence electrons. The van der Waals surface area contributed by atoms with E-state index in [1.54, 1.807) is 0 Å². The topological polar surface area (TPSA) is 69.0 Å². The lowest BCUT2D eigenvalue weighted by Gasteiger charge is -2.39. The SMILES string of the molecule is CC(C)[C@@H]1CC[C@](C)(N=[N+]=[N-])C[C@H]1O. The van der Waals surface area contributed by atoms with E-state index in [1.165, 1.54) is 0 Å². The second-order valence-electron chi connectivity index (χ2n) is 4.90. The molecule has 1 aliphatic rings. The predicted molar refractivity (Wildman–Crippen MR) is 55.7 cm³/mol. The molecule has 0 radical (unpaired) electrons. The molecule has 1 N–H and O–H groups in total. The molecule has 4 nitrogen and oxygen atoms in total. The Morgan fingerprint density at radius 3 is 2.64 bits per heavy atom. The third kappa shape index (κ3) is 2.40. The highest BCUT2D eigenvalue weighted by Crippen LogP contribution is 2.38. The molecule has 0 spiro atoms. The molecule has 3 atom stereocenters. The Bertz CT molecular complexity index is 248. The first kappa shape index (κ1) is 11.3. The Labute approximate surface area is 84.9 Å². The van der Waals surface area contributed by atoms with Gasteiger partial charge >= 0.3 is 0 Å². The van der Waals surface area contributed by atoms with Crippen LogP contribution in [0.15, 0.2) is 5.11 Å². The van der Waals surface area contributed by atoms with Crippen LogP contribution in [-0.4, -0.2) is 16.7 Å². The highest BCUT2D eigenvalue weighted by Gasteiger charge is 2.37. The van der Waals surface area contributed by atoms with Crippen LogP contribution in [-0.2, 0) is 0 Å². The van der Waals surface area contributed by atoms with Crippen LogP contribution in [0, 0.1) is 11.8 Å². The van der Waals surface area contributed by atoms with E-state index in [4.69, 9.17) is 5.53 Å². The van der Waals surface area contributed by atoms with Crippen molar-refractivity contribution in [3.05, 3.63) is 10.4 Å². The van der Waals surface area contributed by atoms with Crippen LogP contribution < -0.4 is 0 Å². The molecule has 0 unspecified atom stereocenters. The maximum Gasteiger partial charge on any atom is 0.0577 e. The predicted octanol–water partition coefficient (Wildman–Crippen LogP) is 2.87. The first-order valence-electron chi connectivity index (χ1n) is 5.23. The zero-order valence-electron chi connectivity index (χ0n) is 9.14. The molecule has 1 rings (SSSR count). The fraction of sp³-hybridized carbons (Fsp3) is 1.00. The van der Waals surface area contributed by atoms with Gasteiger partial charge in [0.25, 0.3) is 0 Å². The van der Waals surface area contributed by atoms with Crippen LogP contribution in [0.5, 0.6) is 0 Å². The number of hydrogen-bond acceptors (Lipinski definition) is 2. The molecule has 0 heterocycles. The van der Waals surface area contributed by atoms with E-state index >= 15 is 0 Å². The molecule has 4 heteroatoms. The lowest BCUT2D eigenvalue weighted by molar-refractivity contribution is 0.0179. The standard InChI is InChI=1S/C10H19N3O/c1-7(2)8-4-5-10(3,12-13-11)6-9(8)14/h7-9,14H,4-6H2,1-3H3/t8-,9+,10-/m0/s1. The molecule has 1 fully saturated rings. The van der Waals surface area contributed by atoms with Crippen LogP contribution in [0.3, 0.4) is 0 Å². The van der Waals surface area contributed by atoms with Crippen LogP contribution in [0.1, 0.15) is 40.0 Å². The van der Waals surface area contributed by atoms with Gasteiger partial charge in [0.15, 0.2) is 0 Å². The first-order chi connectivity index (χ1) is 6.48. The van der Waals surface area contributed by atoms with E-state index in [0.717, 1.165) is 12.8 Å². The van der Waals surface area contributed by atoms with Gasteiger partial charge in [-0.15, -0.1) is 0 Å². The third-order valence-corrected chi connectivity index (χ3v) is 3.30. The number of azide groups is 1. The van der Waals surface area contributed by atoms with Crippen molar-refractivity contribution in [2.75, 3.05) is 0 Å². The quantitative estimate of drug-likeness (QED) is 0.412. The molecule has 0 aromatic carbocycles. The third-order valence-electron chi connectivity index (χ3n) is 3.30. The lowest BCUT2D eigenvalue weighted by atomic mass is 9.72. The van der Waals surface area contributed by atoms with Crippen molar-refractivity contribution in [1.29, 1.82) is 0 Å². The number of rotatable bonds is 2. The number of nitrogens with zero attached hydrogens (tertiary/aromatic N) is 3. The van der Waals surface area contributed by atoms with Crippen LogP contribution in [0.2, 0.25) is 0 Å². The summed E-state index contributed by atoms with van der Waals surface area (Å²) < 4.78 is 0. The minimum atomic E-state index is -0.375. The summed E-state index contributed by atoms with van der Waals surface area (Å²) in [4.78, 5) is 2.85. The Morgan fingerprint density at radius 2 is 2.21 bits per heavy atom. The fourth-order valence-corrected chi connectivity index (χ4v) is 2.35. The zero-order valence-corrected chi connectivity index (χ0v) is 9.14. The number of hydrogen-bond donors (Lipinski definition) is 1. The van der Waals surface area contributed by atoms with Gasteiger partial charge in [-0.1, -0.05) is 25.9 Å². The summed E-state index contributed by atoms with van der Waals surface area (Å²) in [5, 5.41) is 13.7. The van der Waals surface area contributed by atoms with E-state index in [9.17, 15) is 5.11 Å². The van der Waals surface area contributed by atoms with Gasteiger partial charge < -0.3 is 5.11 Å². The molecule has 1 aliphatic carbocycles. The fourth-order valence-electron chi connectivity index (χ4n) is 2.35. The van der Waals surface area contributed by atoms with Crippen molar-refractivity contribution in [2.45, 2.75) is 51.7 Å². The Kier molecular flexibility index (Phi) is 3.40. The normalized spacial score (nSPS) is 38.1. The molecule has 0 aliphatic heterocycles. The van der Waals surface area contributed by atoms with Crippen LogP contribution >= 0.6 is 0 Å². The molecular weight excluding hydrogens is 178 g/mol. The maximum atomic E-state index is 9.92. The molecule has 1 saturated carbocycles. The van der Waals surface area contributed by atoms with E-state index in [2.05, 4.69) is 23.9 Å². The Hall–Kier alpha value is -0.730. The average Bonchev–Trinajstić information content (AvgIpc) is 2.02. The summed E-state index contributed by atoms with van der Waals surface area (Å²) in [6.07, 6.45) is 2.12. The molecule has 0 aromatic rings. The number of aliphatic hydroxyl groups excluding tert-OH is 1. The minimum absolute atomic E-state index is 0.320. The maximum absolute atomic E-state index is 9.92. The van der Waals surface area contributed by atoms with Gasteiger partial charge in [-0.2, -0.15) is 0 Å². The zero-order chi connectivity index (χ0) is 10.8. The highest BCUT2D eigenvalue weighted by atomic mass is 16.3. The summed E-state index contributed by atoms with van der Waals surface area (Å²) in [5.41, 5.74) is 8.05. The van der Waals surface area contributed by atoms with Crippen molar-refractivity contribution in [3.8, 4) is 0 Å². The van der Waals surface area contributed by atoms with Gasteiger partial charge in [0.05, 0.1) is 6.10 Å². The summed E-state index contributed by atoms with van der Waals surface area (Å²) in [6, 6.07) is 0. The summed E-state index contributed by atoms with van der Waals surface area (Å²) in [7, 11) is 0. The van der Waals surface area contributed by atoms with E-state index in [1.807, 2.05) is 6.92 Å². The Balaban J connectivity index is 2.67. The van der Waals surface area contributed by atoms with Gasteiger partial charge in [-0.05, 0) is 36.6 Å². The molecule has 0 aromatic heterocycles. The summed E-state index contributed by atoms with van der Waals surface area (Å²) >= 11 is 0. The first-order valence-corrected chi connectivity index (χ1v) is 5.23. The van der Waals surface area contributed by atoms with Gasteiger partial charge in [-0.3, -0.25) is 0 Å². The van der Waals surface area contributed by atoms with Crippen LogP contribution in [0.4, 0.5) is 0 Å². The van der Waals surface area contributed by atoms with E-state index in [-0.39, 0.29) is 11.6 Å². The summed E-state index contributed by atoms with van der Waals surface area (Å²) in [5.74, 6) is 0.859. The van der Waals surface area contributed by atoms with Gasteiger partial charge in [0, 0.05) is 10.5 Å². The largest absolute Gasteiger partial charge is 0.393 e. The van der Waals surface area contributed by atoms with E-state index < -0.39 is 0 Å². The van der Waals surface area contributed by atoms with Crippen molar-refractivity contribution >= 4 is 0 Å². The minimum Gasteiger partial charge on any atom is -0.393 e. The lowest BCUT2D eigenvalue weighted by Crippen LogP contribution is -2.40. The average molecular weight is 197 g/mol. The summed E-state index contributed by atoms with van der Waals surface area (Å²) in [6.45, 7) is 6.18. The van der Waals surface area contributed by atoms with Crippen molar-refractivity contribution in [1.82, 2.24) is 0 Å². The molecule has 14 heavy (non-hydrogen) atoms. The monoisotopic (exact) mass is 197 g/mol. The highest BCUT2D eigenvalue weighted by molar-refractivity contribution is 4.94. The number of aliphatic hydroxyl groups is 1. The van der Waals surface area contributed by atoms with Crippen molar-refractivity contribution in [2.24, 2.45) is 17.0 Å². The Morgan fingerprint density at radius 1 is 1.57 bits per heavy atom. The van der Waals surface area contributed by atoms with Gasteiger partial charge in [0.2, 0.25) is 0 Å². The van der Waals surface area contributed by atoms with Crippen molar-refractivity contribution < 1.29 is 5.11 Å². The van der Waals surface area contributed by atoms with E-state index in [0.29, 0.717) is 18.3 Å². The molecular formula is C10H19N3O. The molecule has 0 saturated heterocycles. The molecule has 0 bridgehead atoms. The smallest absolute Gasteiger partial charge is 0.0577 e.